The maximum atomic E-state index is 12.3. The molecule has 4 aromatic rings. The number of carbonyl (C=O) groups excluding carboxylic acids is 1. The topological polar surface area (TPSA) is 90.1 Å². The average Bonchev–Trinajstić information content (AvgIpc) is 3.44. The van der Waals surface area contributed by atoms with Gasteiger partial charge in [-0.1, -0.05) is 17.7 Å². The van der Waals surface area contributed by atoms with Gasteiger partial charge in [-0.3, -0.25) is 4.79 Å². The van der Waals surface area contributed by atoms with Gasteiger partial charge in [-0.2, -0.15) is 0 Å². The Morgan fingerprint density at radius 2 is 1.81 bits per heavy atom. The van der Waals surface area contributed by atoms with E-state index in [2.05, 4.69) is 20.5 Å². The highest BCUT2D eigenvalue weighted by atomic mass is 32.1. The van der Waals surface area contributed by atoms with Crippen molar-refractivity contribution in [2.24, 2.45) is 0 Å². The van der Waals surface area contributed by atoms with Crippen molar-refractivity contribution in [2.45, 2.75) is 26.7 Å². The minimum Gasteiger partial charge on any atom is -0.494 e. The lowest BCUT2D eigenvalue weighted by Gasteiger charge is -2.03. The molecule has 2 aromatic heterocycles. The van der Waals surface area contributed by atoms with E-state index in [-0.39, 0.29) is 12.3 Å². The van der Waals surface area contributed by atoms with Crippen LogP contribution in [0.4, 0.5) is 5.13 Å². The summed E-state index contributed by atoms with van der Waals surface area (Å²) >= 11 is 1.39. The van der Waals surface area contributed by atoms with Crippen molar-refractivity contribution < 1.29 is 13.9 Å². The Bertz CT molecular complexity index is 1150. The van der Waals surface area contributed by atoms with Crippen LogP contribution in [0.3, 0.4) is 0 Å². The smallest absolute Gasteiger partial charge is 0.247 e. The van der Waals surface area contributed by atoms with E-state index in [1.54, 1.807) is 0 Å². The first kappa shape index (κ1) is 20.7. The van der Waals surface area contributed by atoms with Crippen molar-refractivity contribution in [3.05, 3.63) is 65.4 Å². The van der Waals surface area contributed by atoms with Gasteiger partial charge >= 0.3 is 0 Å². The number of nitrogens with one attached hydrogen (secondary N) is 1. The van der Waals surface area contributed by atoms with Gasteiger partial charge in [-0.25, -0.2) is 4.98 Å². The highest BCUT2D eigenvalue weighted by Gasteiger charge is 2.12. The molecule has 0 radical (unpaired) electrons. The number of aromatic nitrogens is 3. The molecule has 0 spiro atoms. The van der Waals surface area contributed by atoms with Gasteiger partial charge in [0.2, 0.25) is 17.7 Å². The maximum Gasteiger partial charge on any atom is 0.247 e. The van der Waals surface area contributed by atoms with Gasteiger partial charge in [0.25, 0.3) is 0 Å². The minimum atomic E-state index is -0.150. The molecule has 0 bridgehead atoms. The molecule has 0 saturated heterocycles. The summed E-state index contributed by atoms with van der Waals surface area (Å²) in [5.41, 5.74) is 3.80. The summed E-state index contributed by atoms with van der Waals surface area (Å²) in [5.74, 6) is 1.56. The normalized spacial score (nSPS) is 10.8. The van der Waals surface area contributed by atoms with Gasteiger partial charge in [-0.15, -0.1) is 21.5 Å². The first-order valence-electron chi connectivity index (χ1n) is 9.99. The van der Waals surface area contributed by atoms with Gasteiger partial charge in [0.15, 0.2) is 5.13 Å². The van der Waals surface area contributed by atoms with Crippen LogP contribution in [0.2, 0.25) is 0 Å². The molecule has 0 saturated carbocycles. The molecule has 0 fully saturated rings. The molecule has 0 atom stereocenters. The fourth-order valence-corrected chi connectivity index (χ4v) is 3.66. The van der Waals surface area contributed by atoms with E-state index >= 15 is 0 Å². The van der Waals surface area contributed by atoms with Crippen molar-refractivity contribution in [3.8, 4) is 28.5 Å². The van der Waals surface area contributed by atoms with E-state index in [1.165, 1.54) is 11.3 Å². The summed E-state index contributed by atoms with van der Waals surface area (Å²) in [7, 11) is 0. The highest BCUT2D eigenvalue weighted by Crippen LogP contribution is 2.27. The molecule has 31 heavy (non-hydrogen) atoms. The van der Waals surface area contributed by atoms with Crippen LogP contribution in [-0.4, -0.2) is 27.7 Å². The van der Waals surface area contributed by atoms with Crippen molar-refractivity contribution >= 4 is 22.4 Å². The van der Waals surface area contributed by atoms with Crippen molar-refractivity contribution in [1.82, 2.24) is 15.2 Å². The van der Waals surface area contributed by atoms with Crippen LogP contribution in [0, 0.1) is 6.92 Å². The van der Waals surface area contributed by atoms with E-state index < -0.39 is 0 Å². The van der Waals surface area contributed by atoms with E-state index in [1.807, 2.05) is 67.8 Å². The van der Waals surface area contributed by atoms with Crippen LogP contribution in [-0.2, 0) is 11.2 Å². The van der Waals surface area contributed by atoms with Crippen LogP contribution in [0.1, 0.15) is 24.8 Å². The zero-order chi connectivity index (χ0) is 21.6. The lowest BCUT2D eigenvalue weighted by Crippen LogP contribution is -2.12. The number of anilines is 1. The maximum absolute atomic E-state index is 12.3. The van der Waals surface area contributed by atoms with Crippen LogP contribution in [0.25, 0.3) is 22.7 Å². The van der Waals surface area contributed by atoms with E-state index in [4.69, 9.17) is 9.15 Å². The molecule has 8 heteroatoms. The molecule has 4 rings (SSSR count). The Labute approximate surface area is 184 Å². The predicted molar refractivity (Wildman–Crippen MR) is 120 cm³/mol. The largest absolute Gasteiger partial charge is 0.494 e. The Morgan fingerprint density at radius 3 is 2.55 bits per heavy atom. The molecule has 1 amide bonds. The molecule has 158 valence electrons. The first-order chi connectivity index (χ1) is 15.1. The van der Waals surface area contributed by atoms with Crippen LogP contribution in [0.5, 0.6) is 5.75 Å². The number of aryl methyl sites for hydroxylation is 2. The Hall–Kier alpha value is -3.52. The van der Waals surface area contributed by atoms with Crippen LogP contribution < -0.4 is 10.1 Å². The third-order valence-electron chi connectivity index (χ3n) is 4.54. The van der Waals surface area contributed by atoms with Crippen LogP contribution >= 0.6 is 11.3 Å². The summed E-state index contributed by atoms with van der Waals surface area (Å²) in [6, 6.07) is 15.6. The molecule has 0 aliphatic heterocycles. The summed E-state index contributed by atoms with van der Waals surface area (Å²) in [6.45, 7) is 4.60. The van der Waals surface area contributed by atoms with E-state index in [9.17, 15) is 4.79 Å². The summed E-state index contributed by atoms with van der Waals surface area (Å²) in [6.07, 6.45) is 0.593. The van der Waals surface area contributed by atoms with Gasteiger partial charge in [0.1, 0.15) is 5.75 Å². The second-order valence-electron chi connectivity index (χ2n) is 6.91. The summed E-state index contributed by atoms with van der Waals surface area (Å²) < 4.78 is 11.1. The number of ether oxygens (including phenoxy) is 1. The number of nitrogens with zero attached hydrogens (tertiary/aromatic N) is 3. The number of thiazole rings is 1. The minimum absolute atomic E-state index is 0.150. The van der Waals surface area contributed by atoms with E-state index in [0.717, 1.165) is 28.1 Å². The second kappa shape index (κ2) is 9.53. The van der Waals surface area contributed by atoms with Crippen molar-refractivity contribution in [1.29, 1.82) is 0 Å². The van der Waals surface area contributed by atoms with Gasteiger partial charge in [0.05, 0.1) is 12.3 Å². The fourth-order valence-electron chi connectivity index (χ4n) is 2.92. The molecule has 0 aliphatic carbocycles. The monoisotopic (exact) mass is 434 g/mol. The predicted octanol–water partition coefficient (Wildman–Crippen LogP) is 5.14. The second-order valence-corrected chi connectivity index (χ2v) is 7.77. The third kappa shape index (κ3) is 5.35. The van der Waals surface area contributed by atoms with Crippen molar-refractivity contribution in [2.75, 3.05) is 11.9 Å². The Morgan fingerprint density at radius 1 is 1.06 bits per heavy atom. The molecule has 2 aromatic carbocycles. The lowest BCUT2D eigenvalue weighted by molar-refractivity contribution is -0.116. The van der Waals surface area contributed by atoms with Crippen molar-refractivity contribution in [3.63, 3.8) is 0 Å². The SMILES string of the molecule is CCOc1ccc(-c2csc(NC(=O)CCc3nnc(-c4ccc(C)cc4)o3)n2)cc1. The molecular weight excluding hydrogens is 412 g/mol. The Kier molecular flexibility index (Phi) is 6.37. The first-order valence-corrected chi connectivity index (χ1v) is 10.9. The summed E-state index contributed by atoms with van der Waals surface area (Å²) in [5, 5.41) is 13.4. The molecule has 0 unspecified atom stereocenters. The molecule has 1 N–H and O–H groups in total. The number of carbonyl (C=O) groups is 1. The molecule has 7 nitrogen and oxygen atoms in total. The van der Waals surface area contributed by atoms with Crippen LogP contribution in [0.15, 0.2) is 58.3 Å². The average molecular weight is 435 g/mol. The quantitative estimate of drug-likeness (QED) is 0.413. The molecular formula is C23H22N4O3S. The number of rotatable bonds is 8. The zero-order valence-electron chi connectivity index (χ0n) is 17.3. The zero-order valence-corrected chi connectivity index (χ0v) is 18.1. The number of amides is 1. The van der Waals surface area contributed by atoms with Gasteiger partial charge in [0, 0.05) is 29.3 Å². The fraction of sp³-hybridized carbons (Fsp3) is 0.217. The van der Waals surface area contributed by atoms with Gasteiger partial charge in [-0.05, 0) is 50.2 Å². The molecule has 0 aliphatic rings. The van der Waals surface area contributed by atoms with Gasteiger partial charge < -0.3 is 14.5 Å². The lowest BCUT2D eigenvalue weighted by atomic mass is 10.1. The number of hydrogen-bond donors (Lipinski definition) is 1. The number of hydrogen-bond acceptors (Lipinski definition) is 7. The summed E-state index contributed by atoms with van der Waals surface area (Å²) in [4.78, 5) is 16.8. The highest BCUT2D eigenvalue weighted by molar-refractivity contribution is 7.14. The third-order valence-corrected chi connectivity index (χ3v) is 5.30. The standard InChI is InChI=1S/C23H22N4O3S/c1-3-29-18-10-8-16(9-11-18)19-14-31-23(24-19)25-20(28)12-13-21-26-27-22(30-21)17-6-4-15(2)5-7-17/h4-11,14H,3,12-13H2,1-2H3,(H,24,25,28). The number of benzene rings is 2. The van der Waals surface area contributed by atoms with E-state index in [0.29, 0.717) is 29.9 Å². The Balaban J connectivity index is 1.31. The molecule has 2 heterocycles.